The largest absolute Gasteiger partial charge is 0.306 e. The summed E-state index contributed by atoms with van der Waals surface area (Å²) in [5, 5.41) is 10.6. The lowest BCUT2D eigenvalue weighted by atomic mass is 10.3. The molecule has 0 bridgehead atoms. The molecule has 2 rings (SSSR count). The summed E-state index contributed by atoms with van der Waals surface area (Å²) < 4.78 is 1.70. The van der Waals surface area contributed by atoms with Crippen LogP contribution in [0.2, 0.25) is 0 Å². The maximum atomic E-state index is 4.38. The summed E-state index contributed by atoms with van der Waals surface area (Å²) in [7, 11) is 0. The fourth-order valence-corrected chi connectivity index (χ4v) is 2.11. The van der Waals surface area contributed by atoms with Gasteiger partial charge in [0.25, 0.3) is 0 Å². The summed E-state index contributed by atoms with van der Waals surface area (Å²) in [4.78, 5) is 4.38. The predicted molar refractivity (Wildman–Crippen MR) is 66.0 cm³/mol. The van der Waals surface area contributed by atoms with Gasteiger partial charge in [-0.3, -0.25) is 0 Å². The first-order valence-corrected chi connectivity index (χ1v) is 5.93. The molecule has 84 valence electrons. The zero-order valence-electron chi connectivity index (χ0n) is 9.18. The maximum Gasteiger partial charge on any atom is 0.107 e. The van der Waals surface area contributed by atoms with Gasteiger partial charge in [0.15, 0.2) is 0 Å². The molecule has 0 saturated heterocycles. The van der Waals surface area contributed by atoms with Gasteiger partial charge in [-0.15, -0.1) is 11.3 Å². The second kappa shape index (κ2) is 5.05. The maximum absolute atomic E-state index is 4.38. The van der Waals surface area contributed by atoms with Crippen LogP contribution in [0.15, 0.2) is 24.4 Å². The molecule has 0 unspecified atom stereocenters. The first-order valence-electron chi connectivity index (χ1n) is 5.05. The molecule has 0 amide bonds. The molecule has 0 saturated carbocycles. The van der Waals surface area contributed by atoms with Crippen LogP contribution >= 0.6 is 11.3 Å². The highest BCUT2D eigenvalue weighted by atomic mass is 32.1. The van der Waals surface area contributed by atoms with Crippen molar-refractivity contribution in [2.75, 3.05) is 0 Å². The Kier molecular flexibility index (Phi) is 3.48. The molecule has 0 spiro atoms. The molecule has 0 aliphatic heterocycles. The molecule has 4 nitrogen and oxygen atoms in total. The monoisotopic (exact) mass is 234 g/mol. The third kappa shape index (κ3) is 2.77. The van der Waals surface area contributed by atoms with Gasteiger partial charge in [0.2, 0.25) is 0 Å². The second-order valence-corrected chi connectivity index (χ2v) is 4.44. The molecule has 0 aromatic carbocycles. The van der Waals surface area contributed by atoms with Gasteiger partial charge < -0.3 is 5.32 Å². The minimum atomic E-state index is 0.798. The van der Waals surface area contributed by atoms with Gasteiger partial charge in [0.05, 0.1) is 6.20 Å². The minimum absolute atomic E-state index is 0.798. The lowest BCUT2D eigenvalue weighted by molar-refractivity contribution is 0.689. The van der Waals surface area contributed by atoms with Crippen LogP contribution in [-0.2, 0) is 13.1 Å². The molecule has 2 heterocycles. The fraction of sp³-hybridized carbons (Fsp3) is 0.273. The normalized spacial score (nSPS) is 10.6. The molecule has 2 aromatic heterocycles. The van der Waals surface area contributed by atoms with Crippen molar-refractivity contribution < 1.29 is 0 Å². The van der Waals surface area contributed by atoms with Crippen LogP contribution in [0.25, 0.3) is 6.20 Å². The van der Waals surface area contributed by atoms with Crippen molar-refractivity contribution in [2.24, 2.45) is 0 Å². The molecule has 1 N–H and O–H groups in total. The van der Waals surface area contributed by atoms with Crippen molar-refractivity contribution in [3.8, 4) is 0 Å². The Morgan fingerprint density at radius 2 is 2.44 bits per heavy atom. The van der Waals surface area contributed by atoms with E-state index in [0.29, 0.717) is 0 Å². The van der Waals surface area contributed by atoms with E-state index in [-0.39, 0.29) is 0 Å². The van der Waals surface area contributed by atoms with Gasteiger partial charge in [-0.05, 0) is 6.92 Å². The lowest BCUT2D eigenvalue weighted by Crippen LogP contribution is -2.11. The van der Waals surface area contributed by atoms with E-state index in [2.05, 4.69) is 27.4 Å². The molecule has 0 atom stereocenters. The van der Waals surface area contributed by atoms with Gasteiger partial charge in [0.1, 0.15) is 5.01 Å². The van der Waals surface area contributed by atoms with Crippen LogP contribution in [0.5, 0.6) is 0 Å². The van der Waals surface area contributed by atoms with E-state index in [1.807, 2.05) is 19.3 Å². The number of nitrogens with one attached hydrogen (secondary N) is 1. The van der Waals surface area contributed by atoms with Crippen LogP contribution in [0.3, 0.4) is 0 Å². The van der Waals surface area contributed by atoms with E-state index in [1.165, 1.54) is 0 Å². The third-order valence-corrected chi connectivity index (χ3v) is 3.08. The van der Waals surface area contributed by atoms with E-state index in [4.69, 9.17) is 0 Å². The van der Waals surface area contributed by atoms with Crippen LogP contribution in [-0.4, -0.2) is 14.8 Å². The number of hydrogen-bond acceptors (Lipinski definition) is 4. The Hall–Kier alpha value is -1.46. The Bertz CT molecular complexity index is 472. The van der Waals surface area contributed by atoms with E-state index in [9.17, 15) is 0 Å². The molecule has 16 heavy (non-hydrogen) atoms. The van der Waals surface area contributed by atoms with Crippen LogP contribution in [0.4, 0.5) is 0 Å². The average molecular weight is 234 g/mol. The first-order chi connectivity index (χ1) is 7.78. The molecule has 0 aliphatic carbocycles. The Labute approximate surface area is 98.6 Å². The number of nitrogens with zero attached hydrogens (tertiary/aromatic N) is 3. The molecular formula is C11H14N4S. The van der Waals surface area contributed by atoms with Crippen molar-refractivity contribution in [2.45, 2.75) is 20.0 Å². The molecule has 2 aromatic rings. The van der Waals surface area contributed by atoms with Crippen molar-refractivity contribution in [1.29, 1.82) is 0 Å². The molecular weight excluding hydrogens is 220 g/mol. The van der Waals surface area contributed by atoms with Crippen molar-refractivity contribution in [3.05, 3.63) is 40.6 Å². The highest BCUT2D eigenvalue weighted by molar-refractivity contribution is 7.09. The molecule has 0 fully saturated rings. The smallest absolute Gasteiger partial charge is 0.107 e. The van der Waals surface area contributed by atoms with Gasteiger partial charge in [-0.25, -0.2) is 9.67 Å². The Balaban J connectivity index is 1.81. The summed E-state index contributed by atoms with van der Waals surface area (Å²) in [6, 6.07) is 0. The van der Waals surface area contributed by atoms with E-state index >= 15 is 0 Å². The standard InChI is InChI=1S/C11H14N4S/c1-3-15-7-10(5-13-15)4-12-6-11-14-9(2)8-16-11/h3,5,7-8,12H,1,4,6H2,2H3. The highest BCUT2D eigenvalue weighted by Crippen LogP contribution is 2.08. The highest BCUT2D eigenvalue weighted by Gasteiger charge is 1.99. The van der Waals surface area contributed by atoms with Gasteiger partial charge in [-0.2, -0.15) is 5.10 Å². The molecule has 5 heteroatoms. The SMILES string of the molecule is C=Cn1cc(CNCc2nc(C)cs2)cn1. The van der Waals surface area contributed by atoms with Gasteiger partial charge in [0, 0.05) is 42.1 Å². The average Bonchev–Trinajstić information content (AvgIpc) is 2.88. The number of rotatable bonds is 5. The lowest BCUT2D eigenvalue weighted by Gasteiger charge is -1.98. The molecule has 0 aliphatic rings. The van der Waals surface area contributed by atoms with E-state index in [1.54, 1.807) is 22.2 Å². The van der Waals surface area contributed by atoms with Crippen molar-refractivity contribution in [1.82, 2.24) is 20.1 Å². The topological polar surface area (TPSA) is 42.7 Å². The fourth-order valence-electron chi connectivity index (χ4n) is 1.37. The Morgan fingerprint density at radius 1 is 1.56 bits per heavy atom. The quantitative estimate of drug-likeness (QED) is 0.861. The summed E-state index contributed by atoms with van der Waals surface area (Å²) in [6.07, 6.45) is 5.46. The van der Waals surface area contributed by atoms with Crippen LogP contribution < -0.4 is 5.32 Å². The number of aryl methyl sites for hydroxylation is 1. The van der Waals surface area contributed by atoms with Crippen molar-refractivity contribution in [3.63, 3.8) is 0 Å². The van der Waals surface area contributed by atoms with E-state index < -0.39 is 0 Å². The second-order valence-electron chi connectivity index (χ2n) is 3.50. The number of aromatic nitrogens is 3. The minimum Gasteiger partial charge on any atom is -0.306 e. The summed E-state index contributed by atoms with van der Waals surface area (Å²) >= 11 is 1.68. The third-order valence-electron chi connectivity index (χ3n) is 2.11. The van der Waals surface area contributed by atoms with E-state index in [0.717, 1.165) is 29.4 Å². The predicted octanol–water partition coefficient (Wildman–Crippen LogP) is 2.04. The number of thiazole rings is 1. The van der Waals surface area contributed by atoms with Gasteiger partial charge >= 0.3 is 0 Å². The first kappa shape index (κ1) is 11.0. The van der Waals surface area contributed by atoms with Crippen LogP contribution in [0.1, 0.15) is 16.3 Å². The van der Waals surface area contributed by atoms with Crippen molar-refractivity contribution >= 4 is 17.5 Å². The van der Waals surface area contributed by atoms with Crippen LogP contribution in [0, 0.1) is 6.92 Å². The summed E-state index contributed by atoms with van der Waals surface area (Å²) in [5.41, 5.74) is 2.23. The number of hydrogen-bond donors (Lipinski definition) is 1. The summed E-state index contributed by atoms with van der Waals surface area (Å²) in [6.45, 7) is 7.26. The van der Waals surface area contributed by atoms with Gasteiger partial charge in [-0.1, -0.05) is 6.58 Å². The summed E-state index contributed by atoms with van der Waals surface area (Å²) in [5.74, 6) is 0. The zero-order chi connectivity index (χ0) is 11.4. The molecule has 0 radical (unpaired) electrons. The Morgan fingerprint density at radius 3 is 3.06 bits per heavy atom. The zero-order valence-corrected chi connectivity index (χ0v) is 10.00.